The molecule has 2 aromatic heterocycles. The van der Waals surface area contributed by atoms with Gasteiger partial charge in [-0.15, -0.1) is 0 Å². The molecule has 0 aliphatic carbocycles. The molecule has 3 heterocycles. The van der Waals surface area contributed by atoms with E-state index in [0.29, 0.717) is 24.3 Å². The van der Waals surface area contributed by atoms with Crippen molar-refractivity contribution < 1.29 is 4.52 Å². The van der Waals surface area contributed by atoms with Crippen LogP contribution in [0.4, 0.5) is 0 Å². The smallest absolute Gasteiger partial charge is 0.241 e. The molecule has 0 N–H and O–H groups in total. The van der Waals surface area contributed by atoms with E-state index in [9.17, 15) is 0 Å². The number of hydrogen-bond acceptors (Lipinski definition) is 6. The van der Waals surface area contributed by atoms with Crippen LogP contribution in [0, 0.1) is 6.92 Å². The van der Waals surface area contributed by atoms with Gasteiger partial charge in [0.15, 0.2) is 0 Å². The molecule has 0 saturated carbocycles. The molecule has 3 aromatic rings. The third-order valence-electron chi connectivity index (χ3n) is 4.47. The molecule has 1 saturated heterocycles. The summed E-state index contributed by atoms with van der Waals surface area (Å²) in [6.07, 6.45) is 5.51. The fourth-order valence-corrected chi connectivity index (χ4v) is 3.16. The zero-order valence-corrected chi connectivity index (χ0v) is 13.7. The summed E-state index contributed by atoms with van der Waals surface area (Å²) in [5.41, 5.74) is 2.18. The fourth-order valence-electron chi connectivity index (χ4n) is 3.16. The molecule has 7 heteroatoms. The maximum Gasteiger partial charge on any atom is 0.241 e. The molecule has 7 nitrogen and oxygen atoms in total. The molecule has 1 aliphatic heterocycles. The lowest BCUT2D eigenvalue weighted by Crippen LogP contribution is -2.34. The maximum atomic E-state index is 5.43. The Morgan fingerprint density at radius 1 is 1.25 bits per heavy atom. The summed E-state index contributed by atoms with van der Waals surface area (Å²) in [5, 5.41) is 8.35. The third kappa shape index (κ3) is 3.21. The van der Waals surface area contributed by atoms with Crippen molar-refractivity contribution in [3.8, 4) is 11.4 Å². The van der Waals surface area contributed by atoms with Crippen LogP contribution in [0.3, 0.4) is 0 Å². The molecule has 1 fully saturated rings. The highest BCUT2D eigenvalue weighted by atomic mass is 16.5. The van der Waals surface area contributed by atoms with Crippen LogP contribution >= 0.6 is 0 Å². The van der Waals surface area contributed by atoms with Crippen LogP contribution in [0.5, 0.6) is 0 Å². The summed E-state index contributed by atoms with van der Waals surface area (Å²) in [6, 6.07) is 8.58. The van der Waals surface area contributed by atoms with Gasteiger partial charge >= 0.3 is 0 Å². The molecular formula is C17H20N6O. The Labute approximate surface area is 140 Å². The molecule has 0 bridgehead atoms. The molecule has 4 rings (SSSR count). The summed E-state index contributed by atoms with van der Waals surface area (Å²) in [5.74, 6) is 1.33. The Morgan fingerprint density at radius 3 is 2.88 bits per heavy atom. The lowest BCUT2D eigenvalue weighted by Gasteiger charge is -2.30. The monoisotopic (exact) mass is 324 g/mol. The fraction of sp³-hybridized carbons (Fsp3) is 0.412. The number of aromatic nitrogens is 5. The van der Waals surface area contributed by atoms with Crippen LogP contribution in [0.1, 0.15) is 30.3 Å². The lowest BCUT2D eigenvalue weighted by molar-refractivity contribution is 0.156. The van der Waals surface area contributed by atoms with Crippen molar-refractivity contribution in [1.29, 1.82) is 0 Å². The lowest BCUT2D eigenvalue weighted by atomic mass is 10.1. The first-order valence-corrected chi connectivity index (χ1v) is 8.24. The molecule has 1 aliphatic rings. The zero-order chi connectivity index (χ0) is 16.4. The van der Waals surface area contributed by atoms with Crippen molar-refractivity contribution in [2.45, 2.75) is 32.4 Å². The van der Waals surface area contributed by atoms with Gasteiger partial charge in [-0.05, 0) is 25.8 Å². The first-order chi connectivity index (χ1) is 11.8. The van der Waals surface area contributed by atoms with Gasteiger partial charge in [0.1, 0.15) is 12.7 Å². The Kier molecular flexibility index (Phi) is 4.08. The van der Waals surface area contributed by atoms with Crippen LogP contribution < -0.4 is 0 Å². The van der Waals surface area contributed by atoms with Crippen molar-refractivity contribution in [3.63, 3.8) is 0 Å². The number of piperidine rings is 1. The molecule has 0 spiro atoms. The summed E-state index contributed by atoms with van der Waals surface area (Å²) < 4.78 is 7.39. The summed E-state index contributed by atoms with van der Waals surface area (Å²) in [6.45, 7) is 4.74. The second-order valence-corrected chi connectivity index (χ2v) is 6.26. The van der Waals surface area contributed by atoms with E-state index in [1.807, 2.05) is 16.8 Å². The Bertz CT molecular complexity index is 789. The minimum Gasteiger partial charge on any atom is -0.338 e. The summed E-state index contributed by atoms with van der Waals surface area (Å²) in [7, 11) is 0. The van der Waals surface area contributed by atoms with Crippen LogP contribution in [0.2, 0.25) is 0 Å². The van der Waals surface area contributed by atoms with E-state index >= 15 is 0 Å². The van der Waals surface area contributed by atoms with Gasteiger partial charge in [0.2, 0.25) is 11.7 Å². The van der Waals surface area contributed by atoms with Crippen molar-refractivity contribution in [1.82, 2.24) is 29.8 Å². The SMILES string of the molecule is Cc1cccc(-c2noc(CN3CCC(n4cncn4)CC3)n2)c1. The Hall–Kier alpha value is -2.54. The number of aryl methyl sites for hydroxylation is 1. The van der Waals surface area contributed by atoms with E-state index in [0.717, 1.165) is 31.5 Å². The molecule has 1 aromatic carbocycles. The zero-order valence-electron chi connectivity index (χ0n) is 13.7. The molecule has 24 heavy (non-hydrogen) atoms. The Morgan fingerprint density at radius 2 is 2.12 bits per heavy atom. The molecule has 0 atom stereocenters. The summed E-state index contributed by atoms with van der Waals surface area (Å²) >= 11 is 0. The largest absolute Gasteiger partial charge is 0.338 e. The molecule has 0 amide bonds. The molecule has 0 radical (unpaired) electrons. The highest BCUT2D eigenvalue weighted by molar-refractivity contribution is 5.55. The van der Waals surface area contributed by atoms with Gasteiger partial charge in [0.25, 0.3) is 0 Å². The minimum absolute atomic E-state index is 0.439. The normalized spacial score (nSPS) is 16.5. The predicted octanol–water partition coefficient (Wildman–Crippen LogP) is 2.47. The van der Waals surface area contributed by atoms with Crippen LogP contribution in [0.25, 0.3) is 11.4 Å². The first kappa shape index (κ1) is 15.0. The summed E-state index contributed by atoms with van der Waals surface area (Å²) in [4.78, 5) is 10.9. The van der Waals surface area contributed by atoms with Crippen molar-refractivity contribution in [3.05, 3.63) is 48.4 Å². The van der Waals surface area contributed by atoms with Crippen LogP contribution in [0.15, 0.2) is 41.4 Å². The highest BCUT2D eigenvalue weighted by Crippen LogP contribution is 2.23. The van der Waals surface area contributed by atoms with Gasteiger partial charge < -0.3 is 4.52 Å². The van der Waals surface area contributed by atoms with E-state index in [2.05, 4.69) is 44.2 Å². The van der Waals surface area contributed by atoms with Crippen molar-refractivity contribution >= 4 is 0 Å². The predicted molar refractivity (Wildman–Crippen MR) is 88.0 cm³/mol. The topological polar surface area (TPSA) is 72.9 Å². The first-order valence-electron chi connectivity index (χ1n) is 8.24. The second-order valence-electron chi connectivity index (χ2n) is 6.26. The van der Waals surface area contributed by atoms with E-state index in [4.69, 9.17) is 4.52 Å². The number of likely N-dealkylation sites (tertiary alicyclic amines) is 1. The van der Waals surface area contributed by atoms with E-state index in [1.165, 1.54) is 5.56 Å². The standard InChI is InChI=1S/C17H20N6O/c1-13-3-2-4-14(9-13)17-20-16(24-21-17)10-22-7-5-15(6-8-22)23-12-18-11-19-23/h2-4,9,11-12,15H,5-8,10H2,1H3. The van der Waals surface area contributed by atoms with Crippen molar-refractivity contribution in [2.24, 2.45) is 0 Å². The van der Waals surface area contributed by atoms with Gasteiger partial charge in [0.05, 0.1) is 12.6 Å². The van der Waals surface area contributed by atoms with Gasteiger partial charge in [-0.2, -0.15) is 10.1 Å². The number of nitrogens with zero attached hydrogens (tertiary/aromatic N) is 6. The highest BCUT2D eigenvalue weighted by Gasteiger charge is 2.22. The average Bonchev–Trinajstić information content (AvgIpc) is 3.27. The van der Waals surface area contributed by atoms with E-state index < -0.39 is 0 Å². The third-order valence-corrected chi connectivity index (χ3v) is 4.47. The van der Waals surface area contributed by atoms with Crippen LogP contribution in [-0.4, -0.2) is 42.9 Å². The second kappa shape index (κ2) is 6.52. The average molecular weight is 324 g/mol. The molecular weight excluding hydrogens is 304 g/mol. The minimum atomic E-state index is 0.439. The number of hydrogen-bond donors (Lipinski definition) is 0. The maximum absolute atomic E-state index is 5.43. The Balaban J connectivity index is 1.37. The van der Waals surface area contributed by atoms with Crippen molar-refractivity contribution in [2.75, 3.05) is 13.1 Å². The van der Waals surface area contributed by atoms with Gasteiger partial charge in [-0.1, -0.05) is 28.9 Å². The van der Waals surface area contributed by atoms with Gasteiger partial charge in [-0.3, -0.25) is 4.90 Å². The molecule has 0 unspecified atom stereocenters. The molecule has 124 valence electrons. The van der Waals surface area contributed by atoms with E-state index in [1.54, 1.807) is 12.7 Å². The quantitative estimate of drug-likeness (QED) is 0.734. The van der Waals surface area contributed by atoms with Gasteiger partial charge in [0, 0.05) is 18.7 Å². The van der Waals surface area contributed by atoms with Gasteiger partial charge in [-0.25, -0.2) is 9.67 Å². The number of benzene rings is 1. The number of rotatable bonds is 4. The van der Waals surface area contributed by atoms with Crippen LogP contribution in [-0.2, 0) is 6.54 Å². The van der Waals surface area contributed by atoms with E-state index in [-0.39, 0.29) is 0 Å².